The molecule has 1 atom stereocenters. The van der Waals surface area contributed by atoms with Crippen LogP contribution in [0.2, 0.25) is 0 Å². The number of fused-ring (bicyclic) bond motifs is 1. The minimum atomic E-state index is -0.760. The van der Waals surface area contributed by atoms with Crippen LogP contribution in [0.5, 0.6) is 0 Å². The molecule has 8 nitrogen and oxygen atoms in total. The standard InChI is InChI=1S/C31H26N4O4/c1-20(21-6-3-2-4-7-21)39-30(38)34-27-26(33-29-32-18-5-19-35(27)29)24-10-8-22(9-11-24)23-12-14-25(15-13-23)31(16-17-31)28(36)37/h2-15,18-20H,16-17H2,1H3,(H,34,38)(H,36,37)/t20-/m1/s1. The highest BCUT2D eigenvalue weighted by atomic mass is 16.6. The number of ether oxygens (including phenoxy) is 1. The van der Waals surface area contributed by atoms with E-state index >= 15 is 0 Å². The number of carboxylic acid groups (broad SMARTS) is 1. The maximum atomic E-state index is 12.9. The Bertz CT molecular complexity index is 1660. The molecule has 0 bridgehead atoms. The highest BCUT2D eigenvalue weighted by Crippen LogP contribution is 2.48. The molecule has 1 aliphatic rings. The molecule has 5 aromatic rings. The first kappa shape index (κ1) is 24.4. The van der Waals surface area contributed by atoms with E-state index in [0.717, 1.165) is 27.8 Å². The number of rotatable bonds is 7. The molecule has 2 heterocycles. The van der Waals surface area contributed by atoms with E-state index in [0.29, 0.717) is 30.1 Å². The number of carbonyl (C=O) groups excluding carboxylic acids is 1. The monoisotopic (exact) mass is 518 g/mol. The van der Waals surface area contributed by atoms with Gasteiger partial charge in [0, 0.05) is 18.0 Å². The van der Waals surface area contributed by atoms with Gasteiger partial charge in [-0.25, -0.2) is 14.8 Å². The van der Waals surface area contributed by atoms with E-state index in [-0.39, 0.29) is 0 Å². The Labute approximate surface area is 224 Å². The Morgan fingerprint density at radius 3 is 2.21 bits per heavy atom. The normalized spacial score (nSPS) is 14.5. The summed E-state index contributed by atoms with van der Waals surface area (Å²) in [5.74, 6) is 0.152. The molecule has 0 aliphatic heterocycles. The molecule has 39 heavy (non-hydrogen) atoms. The van der Waals surface area contributed by atoms with Crippen LogP contribution in [0.4, 0.5) is 10.6 Å². The van der Waals surface area contributed by atoms with E-state index in [1.54, 1.807) is 22.9 Å². The van der Waals surface area contributed by atoms with Crippen LogP contribution in [0.25, 0.3) is 28.2 Å². The highest BCUT2D eigenvalue weighted by molar-refractivity contribution is 5.90. The Kier molecular flexibility index (Phi) is 6.07. The number of hydrogen-bond donors (Lipinski definition) is 2. The SMILES string of the molecule is C[C@@H](OC(=O)Nc1c(-c2ccc(-c3ccc(C4(C(=O)O)CC4)cc3)cc2)nc2ncccn12)c1ccccc1. The fourth-order valence-electron chi connectivity index (χ4n) is 4.84. The number of hydrogen-bond acceptors (Lipinski definition) is 5. The number of aliphatic carboxylic acids is 1. The predicted octanol–water partition coefficient (Wildman–Crippen LogP) is 6.49. The lowest BCUT2D eigenvalue weighted by atomic mass is 9.93. The minimum absolute atomic E-state index is 0.428. The molecule has 2 N–H and O–H groups in total. The van der Waals surface area contributed by atoms with Crippen LogP contribution >= 0.6 is 0 Å². The van der Waals surface area contributed by atoms with Gasteiger partial charge >= 0.3 is 12.1 Å². The average molecular weight is 519 g/mol. The summed E-state index contributed by atoms with van der Waals surface area (Å²) in [4.78, 5) is 33.5. The molecule has 2 aromatic heterocycles. The summed E-state index contributed by atoms with van der Waals surface area (Å²) < 4.78 is 7.35. The van der Waals surface area contributed by atoms with Crippen LogP contribution in [-0.2, 0) is 14.9 Å². The number of carbonyl (C=O) groups is 2. The molecule has 1 amide bonds. The van der Waals surface area contributed by atoms with Crippen LogP contribution in [0.15, 0.2) is 97.3 Å². The highest BCUT2D eigenvalue weighted by Gasteiger charge is 2.51. The zero-order chi connectivity index (χ0) is 27.0. The van der Waals surface area contributed by atoms with Crippen molar-refractivity contribution < 1.29 is 19.4 Å². The van der Waals surface area contributed by atoms with Crippen molar-refractivity contribution in [2.75, 3.05) is 5.32 Å². The number of aromatic nitrogens is 3. The van der Waals surface area contributed by atoms with Crippen molar-refractivity contribution in [1.29, 1.82) is 0 Å². The second-order valence-corrected chi connectivity index (χ2v) is 9.72. The van der Waals surface area contributed by atoms with Crippen molar-refractivity contribution in [2.24, 2.45) is 0 Å². The van der Waals surface area contributed by atoms with Gasteiger partial charge in [-0.1, -0.05) is 78.9 Å². The lowest BCUT2D eigenvalue weighted by Crippen LogP contribution is -2.19. The van der Waals surface area contributed by atoms with E-state index in [4.69, 9.17) is 4.74 Å². The third-order valence-corrected chi connectivity index (χ3v) is 7.27. The van der Waals surface area contributed by atoms with Gasteiger partial charge in [-0.2, -0.15) is 0 Å². The van der Waals surface area contributed by atoms with Gasteiger partial charge < -0.3 is 9.84 Å². The quantitative estimate of drug-likeness (QED) is 0.255. The van der Waals surface area contributed by atoms with Gasteiger partial charge in [0.1, 0.15) is 17.6 Å². The van der Waals surface area contributed by atoms with Gasteiger partial charge in [0.15, 0.2) is 0 Å². The summed E-state index contributed by atoms with van der Waals surface area (Å²) in [6.45, 7) is 1.82. The first-order valence-electron chi connectivity index (χ1n) is 12.7. The summed E-state index contributed by atoms with van der Waals surface area (Å²) in [7, 11) is 0. The van der Waals surface area contributed by atoms with Gasteiger partial charge in [0.2, 0.25) is 5.78 Å². The molecule has 0 saturated heterocycles. The smallest absolute Gasteiger partial charge is 0.413 e. The second kappa shape index (κ2) is 9.72. The largest absolute Gasteiger partial charge is 0.481 e. The Morgan fingerprint density at radius 1 is 0.923 bits per heavy atom. The fourth-order valence-corrected chi connectivity index (χ4v) is 4.84. The molecule has 1 fully saturated rings. The van der Waals surface area contributed by atoms with Gasteiger partial charge in [-0.15, -0.1) is 0 Å². The molecular weight excluding hydrogens is 492 g/mol. The molecular formula is C31H26N4O4. The number of carboxylic acids is 1. The number of anilines is 1. The van der Waals surface area contributed by atoms with Crippen molar-refractivity contribution in [3.63, 3.8) is 0 Å². The van der Waals surface area contributed by atoms with Crippen molar-refractivity contribution in [2.45, 2.75) is 31.3 Å². The van der Waals surface area contributed by atoms with Crippen molar-refractivity contribution in [3.05, 3.63) is 108 Å². The van der Waals surface area contributed by atoms with Gasteiger partial charge in [0.05, 0.1) is 5.41 Å². The lowest BCUT2D eigenvalue weighted by Gasteiger charge is -2.15. The summed E-state index contributed by atoms with van der Waals surface area (Å²) in [5.41, 5.74) is 4.36. The Hall–Kier alpha value is -4.98. The number of nitrogens with one attached hydrogen (secondary N) is 1. The minimum Gasteiger partial charge on any atom is -0.481 e. The van der Waals surface area contributed by atoms with Crippen LogP contribution < -0.4 is 5.32 Å². The third kappa shape index (κ3) is 4.61. The van der Waals surface area contributed by atoms with E-state index in [9.17, 15) is 14.7 Å². The summed E-state index contributed by atoms with van der Waals surface area (Å²) in [6, 6.07) is 26.9. The van der Waals surface area contributed by atoms with Crippen molar-refractivity contribution >= 4 is 23.7 Å². The fraction of sp³-hybridized carbons (Fsp3) is 0.161. The van der Waals surface area contributed by atoms with Crippen LogP contribution in [0.1, 0.15) is 37.0 Å². The van der Waals surface area contributed by atoms with Crippen LogP contribution in [0, 0.1) is 0 Å². The van der Waals surface area contributed by atoms with Gasteiger partial charge in [-0.05, 0) is 48.1 Å². The summed E-state index contributed by atoms with van der Waals surface area (Å²) >= 11 is 0. The first-order chi connectivity index (χ1) is 18.9. The van der Waals surface area contributed by atoms with E-state index in [1.165, 1.54) is 0 Å². The summed E-state index contributed by atoms with van der Waals surface area (Å²) in [6.07, 6.45) is 3.77. The van der Waals surface area contributed by atoms with Crippen molar-refractivity contribution in [3.8, 4) is 22.4 Å². The molecule has 8 heteroatoms. The van der Waals surface area contributed by atoms with E-state index < -0.39 is 23.6 Å². The number of imidazole rings is 1. The van der Waals surface area contributed by atoms with E-state index in [2.05, 4.69) is 15.3 Å². The molecule has 6 rings (SSSR count). The topological polar surface area (TPSA) is 106 Å². The maximum absolute atomic E-state index is 12.9. The molecule has 0 spiro atoms. The lowest BCUT2D eigenvalue weighted by molar-refractivity contribution is -0.140. The van der Waals surface area contributed by atoms with E-state index in [1.807, 2.05) is 85.8 Å². The Morgan fingerprint density at radius 2 is 1.56 bits per heavy atom. The Balaban J connectivity index is 1.25. The molecule has 0 unspecified atom stereocenters. The zero-order valence-electron chi connectivity index (χ0n) is 21.2. The predicted molar refractivity (Wildman–Crippen MR) is 147 cm³/mol. The van der Waals surface area contributed by atoms with Gasteiger partial charge in [0.25, 0.3) is 0 Å². The zero-order valence-corrected chi connectivity index (χ0v) is 21.2. The third-order valence-electron chi connectivity index (χ3n) is 7.27. The first-order valence-corrected chi connectivity index (χ1v) is 12.7. The van der Waals surface area contributed by atoms with Crippen LogP contribution in [0.3, 0.4) is 0 Å². The molecule has 3 aromatic carbocycles. The van der Waals surface area contributed by atoms with Crippen molar-refractivity contribution in [1.82, 2.24) is 14.4 Å². The van der Waals surface area contributed by atoms with Gasteiger partial charge in [-0.3, -0.25) is 14.5 Å². The number of benzene rings is 3. The molecule has 1 saturated carbocycles. The number of nitrogens with zero attached hydrogens (tertiary/aromatic N) is 3. The summed E-state index contributed by atoms with van der Waals surface area (Å²) in [5, 5.41) is 12.4. The van der Waals surface area contributed by atoms with Crippen LogP contribution in [-0.4, -0.2) is 31.5 Å². The molecule has 1 aliphatic carbocycles. The number of amides is 1. The average Bonchev–Trinajstić information content (AvgIpc) is 3.71. The molecule has 0 radical (unpaired) electrons. The second-order valence-electron chi connectivity index (χ2n) is 9.72. The molecule has 194 valence electrons. The maximum Gasteiger partial charge on any atom is 0.413 e.